The Balaban J connectivity index is 0.00000147. The number of amides is 1. The largest absolute Gasteiger partial charge is 0.354 e. The lowest BCUT2D eigenvalue weighted by Gasteiger charge is -2.09. The minimum atomic E-state index is -0.0274. The highest BCUT2D eigenvalue weighted by molar-refractivity contribution is 7.99. The van der Waals surface area contributed by atoms with Crippen molar-refractivity contribution in [3.8, 4) is 0 Å². The molecule has 1 amide bonds. The summed E-state index contributed by atoms with van der Waals surface area (Å²) in [4.78, 5) is 16.4. The Bertz CT molecular complexity index is 551. The van der Waals surface area contributed by atoms with Crippen LogP contribution in [0, 0.1) is 0 Å². The zero-order valence-electron chi connectivity index (χ0n) is 10.8. The van der Waals surface area contributed by atoms with Gasteiger partial charge in [-0.3, -0.25) is 10.1 Å². The smallest absolute Gasteiger partial charge is 0.238 e. The molecule has 1 fully saturated rings. The number of nitrogens with zero attached hydrogens (tertiary/aromatic N) is 1. The maximum Gasteiger partial charge on any atom is 0.238 e. The zero-order chi connectivity index (χ0) is 13.1. The number of halogens is 1. The normalized spacial score (nSPS) is 17.9. The number of hydrogen-bond acceptors (Lipinski definition) is 5. The van der Waals surface area contributed by atoms with Gasteiger partial charge < -0.3 is 5.32 Å². The van der Waals surface area contributed by atoms with E-state index in [0.29, 0.717) is 6.54 Å². The molecule has 1 unspecified atom stereocenters. The number of para-hydroxylation sites is 1. The molecule has 2 N–H and O–H groups in total. The standard InChI is InChI=1S/C13H15N3OS2.ClH/c17-13(10-7-18-8-15-10)14-6-5-12-16-9-3-1-2-4-11(9)19-12;/h1-4,10,15H,5-8H2,(H,14,17);1H. The minimum absolute atomic E-state index is 0. The summed E-state index contributed by atoms with van der Waals surface area (Å²) in [6.07, 6.45) is 0.797. The zero-order valence-corrected chi connectivity index (χ0v) is 13.2. The van der Waals surface area contributed by atoms with Crippen LogP contribution in [0.5, 0.6) is 0 Å². The topological polar surface area (TPSA) is 54.0 Å². The molecule has 1 aliphatic rings. The molecule has 4 nitrogen and oxygen atoms in total. The Kier molecular flexibility index (Phi) is 5.65. The summed E-state index contributed by atoms with van der Waals surface area (Å²) in [5.41, 5.74) is 1.04. The van der Waals surface area contributed by atoms with Crippen molar-refractivity contribution in [2.24, 2.45) is 0 Å². The number of fused-ring (bicyclic) bond motifs is 1. The number of hydrogen-bond donors (Lipinski definition) is 2. The monoisotopic (exact) mass is 329 g/mol. The third-order valence-corrected chi connectivity index (χ3v) is 5.05. The van der Waals surface area contributed by atoms with Crippen LogP contribution in [0.15, 0.2) is 24.3 Å². The number of thioether (sulfide) groups is 1. The number of carbonyl (C=O) groups excluding carboxylic acids is 1. The Morgan fingerprint density at radius 1 is 1.45 bits per heavy atom. The van der Waals surface area contributed by atoms with Gasteiger partial charge in [-0.05, 0) is 12.1 Å². The molecule has 2 heterocycles. The molecular formula is C13H16ClN3OS2. The average Bonchev–Trinajstić information content (AvgIpc) is 3.07. The molecule has 20 heavy (non-hydrogen) atoms. The van der Waals surface area contributed by atoms with Crippen LogP contribution in [-0.2, 0) is 11.2 Å². The first-order chi connectivity index (χ1) is 9.33. The Morgan fingerprint density at radius 3 is 3.05 bits per heavy atom. The first kappa shape index (κ1) is 15.6. The number of aromatic nitrogens is 1. The van der Waals surface area contributed by atoms with Gasteiger partial charge >= 0.3 is 0 Å². The van der Waals surface area contributed by atoms with E-state index in [0.717, 1.165) is 28.6 Å². The van der Waals surface area contributed by atoms with Crippen molar-refractivity contribution in [3.63, 3.8) is 0 Å². The molecule has 2 aromatic rings. The van der Waals surface area contributed by atoms with Crippen LogP contribution < -0.4 is 10.6 Å². The van der Waals surface area contributed by atoms with E-state index in [1.165, 1.54) is 4.70 Å². The van der Waals surface area contributed by atoms with Crippen molar-refractivity contribution in [1.29, 1.82) is 0 Å². The Morgan fingerprint density at radius 2 is 2.30 bits per heavy atom. The molecule has 1 aliphatic heterocycles. The van der Waals surface area contributed by atoms with Crippen molar-refractivity contribution >= 4 is 51.6 Å². The van der Waals surface area contributed by atoms with Crippen LogP contribution in [0.25, 0.3) is 10.2 Å². The van der Waals surface area contributed by atoms with E-state index in [1.807, 2.05) is 18.2 Å². The molecule has 3 rings (SSSR count). The van der Waals surface area contributed by atoms with E-state index < -0.39 is 0 Å². The molecule has 0 bridgehead atoms. The molecule has 0 aliphatic carbocycles. The van der Waals surface area contributed by atoms with E-state index >= 15 is 0 Å². The van der Waals surface area contributed by atoms with Gasteiger partial charge in [0.2, 0.25) is 5.91 Å². The van der Waals surface area contributed by atoms with Crippen LogP contribution in [0.1, 0.15) is 5.01 Å². The van der Waals surface area contributed by atoms with Gasteiger partial charge in [-0.15, -0.1) is 35.5 Å². The van der Waals surface area contributed by atoms with Crippen LogP contribution >= 0.6 is 35.5 Å². The van der Waals surface area contributed by atoms with Gasteiger partial charge in [0.05, 0.1) is 21.3 Å². The Hall–Kier alpha value is -0.820. The van der Waals surface area contributed by atoms with Crippen molar-refractivity contribution in [2.45, 2.75) is 12.5 Å². The second-order valence-electron chi connectivity index (χ2n) is 4.39. The lowest BCUT2D eigenvalue weighted by atomic mass is 10.3. The summed E-state index contributed by atoms with van der Waals surface area (Å²) in [5.74, 6) is 1.84. The molecule has 0 spiro atoms. The van der Waals surface area contributed by atoms with E-state index in [9.17, 15) is 4.79 Å². The van der Waals surface area contributed by atoms with Crippen LogP contribution in [-0.4, -0.2) is 35.1 Å². The number of rotatable bonds is 4. The van der Waals surface area contributed by atoms with Crippen molar-refractivity contribution < 1.29 is 4.79 Å². The second-order valence-corrected chi connectivity index (χ2v) is 6.53. The van der Waals surface area contributed by atoms with Gasteiger partial charge in [-0.1, -0.05) is 12.1 Å². The second kappa shape index (κ2) is 7.26. The maximum atomic E-state index is 11.8. The third-order valence-electron chi connectivity index (χ3n) is 3.01. The number of benzene rings is 1. The highest BCUT2D eigenvalue weighted by Gasteiger charge is 2.21. The Labute approximate surface area is 132 Å². The van der Waals surface area contributed by atoms with E-state index in [2.05, 4.69) is 21.7 Å². The van der Waals surface area contributed by atoms with Crippen LogP contribution in [0.3, 0.4) is 0 Å². The predicted molar refractivity (Wildman–Crippen MR) is 87.8 cm³/mol. The van der Waals surface area contributed by atoms with Crippen LogP contribution in [0.2, 0.25) is 0 Å². The lowest BCUT2D eigenvalue weighted by molar-refractivity contribution is -0.122. The molecule has 1 atom stereocenters. The van der Waals surface area contributed by atoms with Crippen molar-refractivity contribution in [3.05, 3.63) is 29.3 Å². The number of thiazole rings is 1. The first-order valence-electron chi connectivity index (χ1n) is 6.26. The van der Waals surface area contributed by atoms with Gasteiger partial charge in [0.25, 0.3) is 0 Å². The minimum Gasteiger partial charge on any atom is -0.354 e. The van der Waals surface area contributed by atoms with Gasteiger partial charge in [0, 0.05) is 24.6 Å². The van der Waals surface area contributed by atoms with Crippen molar-refractivity contribution in [1.82, 2.24) is 15.6 Å². The fourth-order valence-electron chi connectivity index (χ4n) is 2.01. The molecule has 0 radical (unpaired) electrons. The summed E-state index contributed by atoms with van der Waals surface area (Å²) < 4.78 is 1.21. The van der Waals surface area contributed by atoms with Gasteiger partial charge in [0.15, 0.2) is 0 Å². The van der Waals surface area contributed by atoms with Crippen LogP contribution in [0.4, 0.5) is 0 Å². The lowest BCUT2D eigenvalue weighted by Crippen LogP contribution is -2.42. The van der Waals surface area contributed by atoms with Gasteiger partial charge in [-0.2, -0.15) is 0 Å². The summed E-state index contributed by atoms with van der Waals surface area (Å²) in [5, 5.41) is 7.21. The molecule has 1 aromatic heterocycles. The molecule has 108 valence electrons. The van der Waals surface area contributed by atoms with E-state index in [4.69, 9.17) is 0 Å². The summed E-state index contributed by atoms with van der Waals surface area (Å²) >= 11 is 3.46. The summed E-state index contributed by atoms with van der Waals surface area (Å²) in [7, 11) is 0. The van der Waals surface area contributed by atoms with E-state index in [1.54, 1.807) is 23.1 Å². The highest BCUT2D eigenvalue weighted by atomic mass is 35.5. The first-order valence-corrected chi connectivity index (χ1v) is 8.23. The molecular weight excluding hydrogens is 314 g/mol. The number of nitrogens with one attached hydrogen (secondary N) is 2. The molecule has 7 heteroatoms. The van der Waals surface area contributed by atoms with Crippen molar-refractivity contribution in [2.75, 3.05) is 18.2 Å². The fraction of sp³-hybridized carbons (Fsp3) is 0.385. The SMILES string of the molecule is Cl.O=C(NCCc1nc2ccccc2s1)C1CSCN1. The quantitative estimate of drug-likeness (QED) is 0.901. The molecule has 1 aromatic carbocycles. The summed E-state index contributed by atoms with van der Waals surface area (Å²) in [6, 6.07) is 8.09. The number of carbonyl (C=O) groups is 1. The van der Waals surface area contributed by atoms with E-state index in [-0.39, 0.29) is 24.4 Å². The van der Waals surface area contributed by atoms with Gasteiger partial charge in [0.1, 0.15) is 0 Å². The average molecular weight is 330 g/mol. The van der Waals surface area contributed by atoms with Gasteiger partial charge in [-0.25, -0.2) is 4.98 Å². The molecule has 0 saturated carbocycles. The predicted octanol–water partition coefficient (Wildman–Crippen LogP) is 2.04. The highest BCUT2D eigenvalue weighted by Crippen LogP contribution is 2.21. The molecule has 1 saturated heterocycles. The third kappa shape index (κ3) is 3.63. The maximum absolute atomic E-state index is 11.8. The fourth-order valence-corrected chi connectivity index (χ4v) is 3.91. The summed E-state index contributed by atoms with van der Waals surface area (Å²) in [6.45, 7) is 0.654.